The average Bonchev–Trinajstić information content (AvgIpc) is 2.42. The number of esters is 2. The van der Waals surface area contributed by atoms with E-state index in [1.807, 2.05) is 0 Å². The number of hydrogen-bond acceptors (Lipinski definition) is 6. The Labute approximate surface area is 118 Å². The predicted octanol–water partition coefficient (Wildman–Crippen LogP) is 0.467. The molecule has 0 amide bonds. The molecule has 0 aliphatic rings. The van der Waals surface area contributed by atoms with Gasteiger partial charge in [0.15, 0.2) is 0 Å². The van der Waals surface area contributed by atoms with Gasteiger partial charge in [0, 0.05) is 0 Å². The summed E-state index contributed by atoms with van der Waals surface area (Å²) in [5.74, 6) is -0.889. The normalized spacial score (nSPS) is 13.4. The average molecular weight is 280 g/mol. The Hall–Kier alpha value is -1.92. The second kappa shape index (κ2) is 7.62. The Morgan fingerprint density at radius 2 is 1.20 bits per heavy atom. The van der Waals surface area contributed by atoms with Crippen molar-refractivity contribution in [2.75, 3.05) is 0 Å². The van der Waals surface area contributed by atoms with E-state index >= 15 is 0 Å². The lowest BCUT2D eigenvalue weighted by Gasteiger charge is -2.09. The van der Waals surface area contributed by atoms with Gasteiger partial charge in [0.25, 0.3) is 0 Å². The topological polar surface area (TPSA) is 105 Å². The highest BCUT2D eigenvalue weighted by Crippen LogP contribution is 2.08. The van der Waals surface area contributed by atoms with Gasteiger partial charge in [-0.15, -0.1) is 0 Å². The Bertz CT molecular complexity index is 412. The maximum atomic E-state index is 11.2. The van der Waals surface area contributed by atoms with Gasteiger partial charge in [-0.1, -0.05) is 24.3 Å². The van der Waals surface area contributed by atoms with Crippen molar-refractivity contribution in [3.8, 4) is 0 Å². The van der Waals surface area contributed by atoms with Gasteiger partial charge in [0.05, 0.1) is 0 Å². The molecular formula is C14H20N2O4. The first-order valence-electron chi connectivity index (χ1n) is 6.32. The van der Waals surface area contributed by atoms with Crippen LogP contribution in [0.15, 0.2) is 24.3 Å². The fourth-order valence-electron chi connectivity index (χ4n) is 1.30. The molecule has 0 unspecified atom stereocenters. The predicted molar refractivity (Wildman–Crippen MR) is 73.3 cm³/mol. The SMILES string of the molecule is C[C@H](N)C(=O)OCc1ccc(COC(=O)[C@H](C)N)cc1. The molecule has 0 aliphatic heterocycles. The van der Waals surface area contributed by atoms with Gasteiger partial charge in [-0.05, 0) is 25.0 Å². The van der Waals surface area contributed by atoms with Crippen molar-refractivity contribution in [1.29, 1.82) is 0 Å². The molecule has 1 aromatic carbocycles. The van der Waals surface area contributed by atoms with Crippen LogP contribution in [-0.4, -0.2) is 24.0 Å². The Kier molecular flexibility index (Phi) is 6.14. The minimum absolute atomic E-state index is 0.167. The minimum atomic E-state index is -0.632. The molecule has 6 nitrogen and oxygen atoms in total. The Morgan fingerprint density at radius 1 is 0.900 bits per heavy atom. The molecule has 1 rings (SSSR count). The van der Waals surface area contributed by atoms with Crippen molar-refractivity contribution in [1.82, 2.24) is 0 Å². The van der Waals surface area contributed by atoms with E-state index in [1.54, 1.807) is 38.1 Å². The first-order chi connectivity index (χ1) is 9.40. The van der Waals surface area contributed by atoms with Crippen LogP contribution in [-0.2, 0) is 32.3 Å². The summed E-state index contributed by atoms with van der Waals surface area (Å²) < 4.78 is 9.99. The Morgan fingerprint density at radius 3 is 1.45 bits per heavy atom. The van der Waals surface area contributed by atoms with Gasteiger partial charge < -0.3 is 20.9 Å². The van der Waals surface area contributed by atoms with E-state index in [0.29, 0.717) is 0 Å². The van der Waals surface area contributed by atoms with Crippen molar-refractivity contribution >= 4 is 11.9 Å². The zero-order chi connectivity index (χ0) is 15.1. The zero-order valence-electron chi connectivity index (χ0n) is 11.7. The van der Waals surface area contributed by atoms with E-state index in [4.69, 9.17) is 20.9 Å². The summed E-state index contributed by atoms with van der Waals surface area (Å²) in [4.78, 5) is 22.4. The van der Waals surface area contributed by atoms with Crippen molar-refractivity contribution in [3.63, 3.8) is 0 Å². The van der Waals surface area contributed by atoms with E-state index in [9.17, 15) is 9.59 Å². The smallest absolute Gasteiger partial charge is 0.322 e. The number of nitrogens with two attached hydrogens (primary N) is 2. The van der Waals surface area contributed by atoms with Gasteiger partial charge in [-0.3, -0.25) is 9.59 Å². The molecule has 0 saturated carbocycles. The fourth-order valence-corrected chi connectivity index (χ4v) is 1.30. The van der Waals surface area contributed by atoms with Gasteiger partial charge in [0.1, 0.15) is 25.3 Å². The molecule has 0 heterocycles. The summed E-state index contributed by atoms with van der Waals surface area (Å²) in [6.45, 7) is 3.47. The van der Waals surface area contributed by atoms with Crippen LogP contribution in [0.4, 0.5) is 0 Å². The van der Waals surface area contributed by atoms with Crippen molar-refractivity contribution in [3.05, 3.63) is 35.4 Å². The monoisotopic (exact) mass is 280 g/mol. The third-order valence-electron chi connectivity index (χ3n) is 2.53. The van der Waals surface area contributed by atoms with Crippen LogP contribution in [0.5, 0.6) is 0 Å². The molecule has 110 valence electrons. The number of rotatable bonds is 6. The molecule has 0 saturated heterocycles. The molecule has 6 heteroatoms. The van der Waals surface area contributed by atoms with E-state index in [-0.39, 0.29) is 13.2 Å². The number of hydrogen-bond donors (Lipinski definition) is 2. The standard InChI is InChI=1S/C14H20N2O4/c1-9(15)13(17)19-7-11-3-5-12(6-4-11)8-20-14(18)10(2)16/h3-6,9-10H,7-8,15-16H2,1-2H3/t9-,10-/m0/s1. The Balaban J connectivity index is 2.44. The third kappa shape index (κ3) is 5.38. The van der Waals surface area contributed by atoms with Crippen LogP contribution in [0.1, 0.15) is 25.0 Å². The van der Waals surface area contributed by atoms with E-state index in [2.05, 4.69) is 0 Å². The maximum Gasteiger partial charge on any atom is 0.322 e. The molecule has 1 aromatic rings. The van der Waals surface area contributed by atoms with Crippen LogP contribution in [0, 0.1) is 0 Å². The molecule has 20 heavy (non-hydrogen) atoms. The van der Waals surface area contributed by atoms with Crippen molar-refractivity contribution in [2.24, 2.45) is 11.5 Å². The summed E-state index contributed by atoms with van der Waals surface area (Å²) in [5.41, 5.74) is 12.4. The lowest BCUT2D eigenvalue weighted by molar-refractivity contribution is -0.147. The molecule has 4 N–H and O–H groups in total. The second-order valence-electron chi connectivity index (χ2n) is 4.61. The third-order valence-corrected chi connectivity index (χ3v) is 2.53. The van der Waals surface area contributed by atoms with Gasteiger partial charge >= 0.3 is 11.9 Å². The summed E-state index contributed by atoms with van der Waals surface area (Å²) in [6, 6.07) is 5.92. The number of ether oxygens (including phenoxy) is 2. The van der Waals surface area contributed by atoms with Gasteiger partial charge in [-0.25, -0.2) is 0 Å². The lowest BCUT2D eigenvalue weighted by Crippen LogP contribution is -2.28. The van der Waals surface area contributed by atoms with Crippen LogP contribution >= 0.6 is 0 Å². The molecule has 2 atom stereocenters. The highest BCUT2D eigenvalue weighted by atomic mass is 16.5. The lowest BCUT2D eigenvalue weighted by atomic mass is 10.1. The molecule has 0 spiro atoms. The highest BCUT2D eigenvalue weighted by Gasteiger charge is 2.10. The van der Waals surface area contributed by atoms with Crippen LogP contribution in [0.25, 0.3) is 0 Å². The highest BCUT2D eigenvalue weighted by molar-refractivity contribution is 5.75. The summed E-state index contributed by atoms with van der Waals surface area (Å²) >= 11 is 0. The second-order valence-corrected chi connectivity index (χ2v) is 4.61. The molecule has 0 fully saturated rings. The zero-order valence-corrected chi connectivity index (χ0v) is 11.7. The molecular weight excluding hydrogens is 260 g/mol. The molecule has 0 aromatic heterocycles. The van der Waals surface area contributed by atoms with E-state index < -0.39 is 24.0 Å². The number of carbonyl (C=O) groups excluding carboxylic acids is 2. The van der Waals surface area contributed by atoms with Crippen molar-refractivity contribution in [2.45, 2.75) is 39.1 Å². The van der Waals surface area contributed by atoms with E-state index in [1.165, 1.54) is 0 Å². The minimum Gasteiger partial charge on any atom is -0.460 e. The fraction of sp³-hybridized carbons (Fsp3) is 0.429. The van der Waals surface area contributed by atoms with Crippen LogP contribution < -0.4 is 11.5 Å². The first kappa shape index (κ1) is 16.1. The molecule has 0 bridgehead atoms. The summed E-state index contributed by atoms with van der Waals surface area (Å²) in [7, 11) is 0. The van der Waals surface area contributed by atoms with E-state index in [0.717, 1.165) is 11.1 Å². The summed E-state index contributed by atoms with van der Waals surface area (Å²) in [5, 5.41) is 0. The van der Waals surface area contributed by atoms with Crippen LogP contribution in [0.3, 0.4) is 0 Å². The first-order valence-corrected chi connectivity index (χ1v) is 6.32. The quantitative estimate of drug-likeness (QED) is 0.734. The molecule has 0 aliphatic carbocycles. The number of benzene rings is 1. The summed E-state index contributed by atoms with van der Waals surface area (Å²) in [6.07, 6.45) is 0. The molecule has 0 radical (unpaired) electrons. The van der Waals surface area contributed by atoms with Gasteiger partial charge in [-0.2, -0.15) is 0 Å². The maximum absolute atomic E-state index is 11.2. The largest absolute Gasteiger partial charge is 0.460 e. The van der Waals surface area contributed by atoms with Gasteiger partial charge in [0.2, 0.25) is 0 Å². The van der Waals surface area contributed by atoms with Crippen LogP contribution in [0.2, 0.25) is 0 Å². The van der Waals surface area contributed by atoms with Crippen molar-refractivity contribution < 1.29 is 19.1 Å². The number of carbonyl (C=O) groups is 2.